The molecule has 0 aliphatic carbocycles. The lowest BCUT2D eigenvalue weighted by molar-refractivity contribution is -0.123. The van der Waals surface area contributed by atoms with Crippen LogP contribution in [0.5, 0.6) is 5.75 Å². The van der Waals surface area contributed by atoms with E-state index in [1.807, 2.05) is 0 Å². The van der Waals surface area contributed by atoms with Crippen molar-refractivity contribution in [3.63, 3.8) is 0 Å². The number of hydrogen-bond acceptors (Lipinski definition) is 5. The van der Waals surface area contributed by atoms with Crippen molar-refractivity contribution in [2.75, 3.05) is 6.61 Å². The highest BCUT2D eigenvalue weighted by atomic mass is 19.1. The molecule has 0 radical (unpaired) electrons. The van der Waals surface area contributed by atoms with E-state index in [1.54, 1.807) is 30.8 Å². The third-order valence-corrected chi connectivity index (χ3v) is 3.17. The van der Waals surface area contributed by atoms with Crippen molar-refractivity contribution in [2.24, 2.45) is 0 Å². The number of hydrogen-bond donors (Lipinski definition) is 1. The van der Waals surface area contributed by atoms with E-state index >= 15 is 0 Å². The van der Waals surface area contributed by atoms with Gasteiger partial charge in [0.05, 0.1) is 18.5 Å². The number of amides is 1. The first kappa shape index (κ1) is 15.7. The van der Waals surface area contributed by atoms with Crippen LogP contribution < -0.4 is 10.1 Å². The van der Waals surface area contributed by atoms with Gasteiger partial charge in [-0.3, -0.25) is 9.78 Å². The highest BCUT2D eigenvalue weighted by Crippen LogP contribution is 2.19. The number of nitrogens with one attached hydrogen (secondary N) is 1. The number of furan rings is 1. The first-order chi connectivity index (χ1) is 11.7. The highest BCUT2D eigenvalue weighted by molar-refractivity contribution is 5.77. The molecule has 0 spiro atoms. The van der Waals surface area contributed by atoms with Crippen LogP contribution in [0, 0.1) is 5.82 Å². The van der Waals surface area contributed by atoms with Crippen LogP contribution in [0.3, 0.4) is 0 Å². The lowest BCUT2D eigenvalue weighted by atomic mass is 10.2. The topological polar surface area (TPSA) is 77.2 Å². The summed E-state index contributed by atoms with van der Waals surface area (Å²) < 4.78 is 23.4. The van der Waals surface area contributed by atoms with Crippen molar-refractivity contribution in [1.82, 2.24) is 15.3 Å². The molecule has 24 heavy (non-hydrogen) atoms. The number of benzene rings is 1. The molecule has 2 heterocycles. The van der Waals surface area contributed by atoms with Gasteiger partial charge in [-0.05, 0) is 36.4 Å². The fourth-order valence-corrected chi connectivity index (χ4v) is 2.03. The zero-order chi connectivity index (χ0) is 16.8. The molecule has 3 rings (SSSR count). The Balaban J connectivity index is 1.56. The predicted molar refractivity (Wildman–Crippen MR) is 83.5 cm³/mol. The molecule has 0 aliphatic rings. The van der Waals surface area contributed by atoms with Crippen LogP contribution in [0.4, 0.5) is 4.39 Å². The lowest BCUT2D eigenvalue weighted by Gasteiger charge is -2.08. The maximum atomic E-state index is 12.8. The molecular formula is C17H14FN3O3. The largest absolute Gasteiger partial charge is 0.484 e. The van der Waals surface area contributed by atoms with E-state index in [9.17, 15) is 9.18 Å². The van der Waals surface area contributed by atoms with Gasteiger partial charge in [0, 0.05) is 12.4 Å². The molecule has 3 aromatic rings. The van der Waals surface area contributed by atoms with Gasteiger partial charge in [-0.1, -0.05) is 0 Å². The van der Waals surface area contributed by atoms with Gasteiger partial charge in [0.1, 0.15) is 17.3 Å². The van der Waals surface area contributed by atoms with Crippen molar-refractivity contribution in [2.45, 2.75) is 6.54 Å². The Hall–Kier alpha value is -3.22. The van der Waals surface area contributed by atoms with Crippen molar-refractivity contribution in [3.05, 3.63) is 66.6 Å². The summed E-state index contributed by atoms with van der Waals surface area (Å²) in [4.78, 5) is 20.3. The summed E-state index contributed by atoms with van der Waals surface area (Å²) in [6.07, 6.45) is 4.65. The molecule has 0 saturated carbocycles. The van der Waals surface area contributed by atoms with E-state index in [-0.39, 0.29) is 24.9 Å². The van der Waals surface area contributed by atoms with Crippen LogP contribution in [0.2, 0.25) is 0 Å². The lowest BCUT2D eigenvalue weighted by Crippen LogP contribution is -2.29. The smallest absolute Gasteiger partial charge is 0.258 e. The Kier molecular flexibility index (Phi) is 4.81. The number of carbonyl (C=O) groups excluding carboxylic acids is 1. The Morgan fingerprint density at radius 3 is 2.71 bits per heavy atom. The van der Waals surface area contributed by atoms with E-state index in [1.165, 1.54) is 24.3 Å². The summed E-state index contributed by atoms with van der Waals surface area (Å²) in [7, 11) is 0. The second kappa shape index (κ2) is 7.36. The van der Waals surface area contributed by atoms with Crippen LogP contribution >= 0.6 is 0 Å². The Bertz CT molecular complexity index is 804. The van der Waals surface area contributed by atoms with Crippen LogP contribution in [-0.4, -0.2) is 22.5 Å². The average molecular weight is 327 g/mol. The standard InChI is InChI=1S/C17H14FN3O3/c18-12-3-5-13(6-4-12)24-11-16(22)21-10-14-17(20-8-7-19-14)15-2-1-9-23-15/h1-9H,10-11H2,(H,21,22). The molecule has 7 heteroatoms. The molecular weight excluding hydrogens is 313 g/mol. The van der Waals surface area contributed by atoms with Crippen LogP contribution in [0.15, 0.2) is 59.5 Å². The number of nitrogens with zero attached hydrogens (tertiary/aromatic N) is 2. The molecule has 0 bridgehead atoms. The fourth-order valence-electron chi connectivity index (χ4n) is 2.03. The molecule has 0 unspecified atom stereocenters. The molecule has 122 valence electrons. The maximum absolute atomic E-state index is 12.8. The van der Waals surface area contributed by atoms with E-state index in [4.69, 9.17) is 9.15 Å². The van der Waals surface area contributed by atoms with E-state index in [2.05, 4.69) is 15.3 Å². The van der Waals surface area contributed by atoms with Gasteiger partial charge >= 0.3 is 0 Å². The van der Waals surface area contributed by atoms with Crippen molar-refractivity contribution < 1.29 is 18.3 Å². The summed E-state index contributed by atoms with van der Waals surface area (Å²) in [5, 5.41) is 2.70. The van der Waals surface area contributed by atoms with Gasteiger partial charge in [0.25, 0.3) is 5.91 Å². The highest BCUT2D eigenvalue weighted by Gasteiger charge is 2.11. The minimum atomic E-state index is -0.361. The predicted octanol–water partition coefficient (Wildman–Crippen LogP) is 2.57. The second-order valence-corrected chi connectivity index (χ2v) is 4.85. The molecule has 0 saturated heterocycles. The molecule has 0 aliphatic heterocycles. The molecule has 0 atom stereocenters. The monoisotopic (exact) mass is 327 g/mol. The van der Waals surface area contributed by atoms with Crippen LogP contribution in [-0.2, 0) is 11.3 Å². The zero-order valence-electron chi connectivity index (χ0n) is 12.6. The number of aromatic nitrogens is 2. The van der Waals surface area contributed by atoms with E-state index < -0.39 is 0 Å². The first-order valence-corrected chi connectivity index (χ1v) is 7.21. The summed E-state index contributed by atoms with van der Waals surface area (Å²) in [6, 6.07) is 8.97. The normalized spacial score (nSPS) is 10.4. The van der Waals surface area contributed by atoms with Gasteiger partial charge < -0.3 is 14.5 Å². The molecule has 6 nitrogen and oxygen atoms in total. The first-order valence-electron chi connectivity index (χ1n) is 7.21. The molecule has 2 aromatic heterocycles. The Morgan fingerprint density at radius 2 is 1.96 bits per heavy atom. The third kappa shape index (κ3) is 3.95. The summed E-state index contributed by atoms with van der Waals surface area (Å²) in [5.74, 6) is 0.313. The summed E-state index contributed by atoms with van der Waals surface area (Å²) in [5.41, 5.74) is 1.16. The van der Waals surface area contributed by atoms with Gasteiger partial charge in [-0.25, -0.2) is 9.37 Å². The van der Waals surface area contributed by atoms with Gasteiger partial charge in [0.15, 0.2) is 12.4 Å². The van der Waals surface area contributed by atoms with Crippen molar-refractivity contribution >= 4 is 5.91 Å². The van der Waals surface area contributed by atoms with Crippen molar-refractivity contribution in [1.29, 1.82) is 0 Å². The number of carbonyl (C=O) groups is 1. The average Bonchev–Trinajstić information content (AvgIpc) is 3.14. The number of rotatable bonds is 6. The van der Waals surface area contributed by atoms with Gasteiger partial charge in [-0.15, -0.1) is 0 Å². The van der Waals surface area contributed by atoms with E-state index in [0.717, 1.165) is 0 Å². The minimum Gasteiger partial charge on any atom is -0.484 e. The summed E-state index contributed by atoms with van der Waals surface area (Å²) in [6.45, 7) is 0.0114. The molecule has 1 aromatic carbocycles. The second-order valence-electron chi connectivity index (χ2n) is 4.85. The van der Waals surface area contributed by atoms with Crippen LogP contribution in [0.1, 0.15) is 5.69 Å². The fraction of sp³-hybridized carbons (Fsp3) is 0.118. The SMILES string of the molecule is O=C(COc1ccc(F)cc1)NCc1nccnc1-c1ccco1. The Labute approximate surface area is 137 Å². The molecule has 1 amide bonds. The third-order valence-electron chi connectivity index (χ3n) is 3.17. The quantitative estimate of drug-likeness (QED) is 0.753. The van der Waals surface area contributed by atoms with Gasteiger partial charge in [0.2, 0.25) is 0 Å². The molecule has 0 fully saturated rings. The Morgan fingerprint density at radius 1 is 1.17 bits per heavy atom. The van der Waals surface area contributed by atoms with E-state index in [0.29, 0.717) is 22.9 Å². The number of halogens is 1. The number of ether oxygens (including phenoxy) is 1. The molecule has 1 N–H and O–H groups in total. The zero-order valence-corrected chi connectivity index (χ0v) is 12.6. The van der Waals surface area contributed by atoms with Crippen LogP contribution in [0.25, 0.3) is 11.5 Å². The van der Waals surface area contributed by atoms with Crippen molar-refractivity contribution in [3.8, 4) is 17.2 Å². The summed E-state index contributed by atoms with van der Waals surface area (Å²) >= 11 is 0. The minimum absolute atomic E-state index is 0.179. The van der Waals surface area contributed by atoms with Gasteiger partial charge in [-0.2, -0.15) is 0 Å². The maximum Gasteiger partial charge on any atom is 0.258 e.